The van der Waals surface area contributed by atoms with Crippen molar-refractivity contribution >= 4 is 23.2 Å². The fourth-order valence-electron chi connectivity index (χ4n) is 1.88. The van der Waals surface area contributed by atoms with Gasteiger partial charge < -0.3 is 4.74 Å². The van der Waals surface area contributed by atoms with Gasteiger partial charge in [0.05, 0.1) is 11.8 Å². The molecule has 0 heterocycles. The van der Waals surface area contributed by atoms with Crippen LogP contribution < -0.4 is 0 Å². The second-order valence-electron chi connectivity index (χ2n) is 5.16. The van der Waals surface area contributed by atoms with Crippen LogP contribution in [-0.4, -0.2) is 29.5 Å². The first-order valence-electron chi connectivity index (χ1n) is 6.78. The molecule has 1 aromatic carbocycles. The van der Waals surface area contributed by atoms with Crippen LogP contribution in [0.3, 0.4) is 0 Å². The van der Waals surface area contributed by atoms with Crippen LogP contribution in [0.2, 0.25) is 0 Å². The molecule has 0 aliphatic carbocycles. The number of carbonyl (C=O) groups is 1. The molecule has 1 aromatic rings. The number of nitrogens with zero attached hydrogens (tertiary/aromatic N) is 1. The van der Waals surface area contributed by atoms with Crippen LogP contribution in [0.15, 0.2) is 29.8 Å². The minimum Gasteiger partial charge on any atom is -0.358 e. The summed E-state index contributed by atoms with van der Waals surface area (Å²) in [6, 6.07) is 6.01. The second kappa shape index (κ2) is 8.15. The average molecular weight is 314 g/mol. The van der Waals surface area contributed by atoms with Crippen LogP contribution in [0, 0.1) is 5.82 Å². The van der Waals surface area contributed by atoms with Crippen LogP contribution in [0.1, 0.15) is 33.3 Å². The summed E-state index contributed by atoms with van der Waals surface area (Å²) in [5.74, 6) is -0.710. The van der Waals surface area contributed by atoms with Gasteiger partial charge >= 0.3 is 0 Å². The number of alkyl halides is 1. The normalized spacial score (nSPS) is 10.6. The lowest BCUT2D eigenvalue weighted by Crippen LogP contribution is -2.34. The monoisotopic (exact) mass is 313 g/mol. The molecule has 0 saturated heterocycles. The molecule has 1 amide bonds. The Balaban J connectivity index is 3.17. The second-order valence-corrected chi connectivity index (χ2v) is 5.42. The number of ether oxygens (including phenoxy) is 1. The minimum absolute atomic E-state index is 0.0118. The van der Waals surface area contributed by atoms with Gasteiger partial charge in [-0.2, -0.15) is 0 Å². The van der Waals surface area contributed by atoms with Gasteiger partial charge in [-0.25, -0.2) is 4.39 Å². The maximum Gasteiger partial charge on any atom is 0.243 e. The van der Waals surface area contributed by atoms with Gasteiger partial charge in [-0.1, -0.05) is 5.57 Å². The molecule has 0 radical (unpaired) electrons. The molecule has 0 bridgehead atoms. The molecule has 0 N–H and O–H groups in total. The van der Waals surface area contributed by atoms with Gasteiger partial charge in [-0.3, -0.25) is 9.69 Å². The van der Waals surface area contributed by atoms with E-state index in [0.717, 1.165) is 11.1 Å². The summed E-state index contributed by atoms with van der Waals surface area (Å²) in [7, 11) is 0. The third-order valence-corrected chi connectivity index (χ3v) is 3.04. The third-order valence-electron chi connectivity index (χ3n) is 2.81. The van der Waals surface area contributed by atoms with E-state index in [1.807, 2.05) is 27.7 Å². The average Bonchev–Trinajstić information content (AvgIpc) is 2.43. The minimum atomic E-state index is -0.319. The Morgan fingerprint density at radius 2 is 1.86 bits per heavy atom. The maximum absolute atomic E-state index is 13.1. The lowest BCUT2D eigenvalue weighted by molar-refractivity contribution is -0.130. The first kappa shape index (κ1) is 17.7. The van der Waals surface area contributed by atoms with Crippen LogP contribution in [0.5, 0.6) is 0 Å². The highest BCUT2D eigenvalue weighted by Gasteiger charge is 2.20. The molecule has 0 aromatic heterocycles. The molecule has 0 aliphatic heterocycles. The Labute approximate surface area is 130 Å². The van der Waals surface area contributed by atoms with E-state index in [4.69, 9.17) is 16.3 Å². The molecular weight excluding hydrogens is 293 g/mol. The van der Waals surface area contributed by atoms with Gasteiger partial charge in [0.2, 0.25) is 5.91 Å². The Kier molecular flexibility index (Phi) is 6.85. The number of benzene rings is 1. The molecule has 0 aliphatic rings. The fraction of sp³-hybridized carbons (Fsp3) is 0.438. The van der Waals surface area contributed by atoms with E-state index >= 15 is 0 Å². The van der Waals surface area contributed by atoms with Crippen molar-refractivity contribution in [2.75, 3.05) is 12.6 Å². The van der Waals surface area contributed by atoms with E-state index in [-0.39, 0.29) is 30.4 Å². The summed E-state index contributed by atoms with van der Waals surface area (Å²) < 4.78 is 18.6. The molecular formula is C16H21ClFNO2. The van der Waals surface area contributed by atoms with Gasteiger partial charge in [-0.05, 0) is 57.5 Å². The molecule has 0 unspecified atom stereocenters. The quantitative estimate of drug-likeness (QED) is 0.586. The summed E-state index contributed by atoms with van der Waals surface area (Å²) in [5.41, 5.74) is 2.37. The number of carbonyl (C=O) groups excluding carboxylic acids is 1. The Morgan fingerprint density at radius 3 is 2.29 bits per heavy atom. The molecule has 3 nitrogen and oxygen atoms in total. The van der Waals surface area contributed by atoms with Crippen molar-refractivity contribution in [3.8, 4) is 0 Å². The first-order chi connectivity index (χ1) is 9.86. The number of allylic oxidation sites excluding steroid dienone is 1. The summed E-state index contributed by atoms with van der Waals surface area (Å²) >= 11 is 5.69. The number of hydrogen-bond acceptors (Lipinski definition) is 2. The molecule has 0 spiro atoms. The Bertz CT molecular complexity index is 508. The molecule has 0 saturated carbocycles. The molecule has 5 heteroatoms. The van der Waals surface area contributed by atoms with Gasteiger partial charge in [-0.15, -0.1) is 11.6 Å². The predicted molar refractivity (Wildman–Crippen MR) is 83.3 cm³/mol. The summed E-state index contributed by atoms with van der Waals surface area (Å²) in [5, 5.41) is 0. The lowest BCUT2D eigenvalue weighted by atomic mass is 10.1. The highest BCUT2D eigenvalue weighted by Crippen LogP contribution is 2.24. The number of rotatable bonds is 6. The van der Waals surface area contributed by atoms with Gasteiger partial charge in [0.15, 0.2) is 0 Å². The van der Waals surface area contributed by atoms with E-state index in [9.17, 15) is 9.18 Å². The van der Waals surface area contributed by atoms with Crippen LogP contribution in [0.25, 0.3) is 5.70 Å². The number of hydrogen-bond donors (Lipinski definition) is 0. The van der Waals surface area contributed by atoms with Gasteiger partial charge in [0, 0.05) is 0 Å². The largest absolute Gasteiger partial charge is 0.358 e. The van der Waals surface area contributed by atoms with Crippen molar-refractivity contribution < 1.29 is 13.9 Å². The van der Waals surface area contributed by atoms with Crippen molar-refractivity contribution in [3.05, 3.63) is 41.2 Å². The molecule has 0 fully saturated rings. The summed E-state index contributed by atoms with van der Waals surface area (Å²) in [6.45, 7) is 7.68. The van der Waals surface area contributed by atoms with Gasteiger partial charge in [0.1, 0.15) is 18.4 Å². The maximum atomic E-state index is 13.1. The van der Waals surface area contributed by atoms with E-state index in [1.54, 1.807) is 12.1 Å². The van der Waals surface area contributed by atoms with E-state index in [2.05, 4.69) is 0 Å². The van der Waals surface area contributed by atoms with Crippen molar-refractivity contribution in [3.63, 3.8) is 0 Å². The summed E-state index contributed by atoms with van der Waals surface area (Å²) in [4.78, 5) is 13.6. The zero-order chi connectivity index (χ0) is 16.0. The van der Waals surface area contributed by atoms with Crippen molar-refractivity contribution in [1.29, 1.82) is 0 Å². The van der Waals surface area contributed by atoms with Crippen molar-refractivity contribution in [2.45, 2.75) is 33.8 Å². The standard InChI is InChI=1S/C16H21ClFNO2/c1-11(2)16(13-5-7-14(18)8-6-13)19(15(20)9-17)10-21-12(3)4/h5-8,12H,9-10H2,1-4H3. The van der Waals surface area contributed by atoms with E-state index in [1.165, 1.54) is 17.0 Å². The molecule has 0 atom stereocenters. The smallest absolute Gasteiger partial charge is 0.243 e. The fourth-order valence-corrected chi connectivity index (χ4v) is 2.02. The van der Waals surface area contributed by atoms with Crippen LogP contribution in [0.4, 0.5) is 4.39 Å². The van der Waals surface area contributed by atoms with E-state index < -0.39 is 0 Å². The van der Waals surface area contributed by atoms with Crippen molar-refractivity contribution in [2.24, 2.45) is 0 Å². The topological polar surface area (TPSA) is 29.5 Å². The molecule has 116 valence electrons. The van der Waals surface area contributed by atoms with Crippen LogP contribution in [-0.2, 0) is 9.53 Å². The SMILES string of the molecule is CC(C)=C(c1ccc(F)cc1)N(COC(C)C)C(=O)CCl. The summed E-state index contributed by atoms with van der Waals surface area (Å²) in [6.07, 6.45) is -0.0118. The third kappa shape index (κ3) is 5.14. The Hall–Kier alpha value is -1.39. The predicted octanol–water partition coefficient (Wildman–Crippen LogP) is 4.03. The van der Waals surface area contributed by atoms with E-state index in [0.29, 0.717) is 5.70 Å². The number of halogens is 2. The Morgan fingerprint density at radius 1 is 1.29 bits per heavy atom. The van der Waals surface area contributed by atoms with Crippen LogP contribution >= 0.6 is 11.6 Å². The number of amides is 1. The first-order valence-corrected chi connectivity index (χ1v) is 7.31. The molecule has 1 rings (SSSR count). The zero-order valence-electron chi connectivity index (χ0n) is 12.8. The van der Waals surface area contributed by atoms with Gasteiger partial charge in [0.25, 0.3) is 0 Å². The highest BCUT2D eigenvalue weighted by molar-refractivity contribution is 6.27. The zero-order valence-corrected chi connectivity index (χ0v) is 13.6. The highest BCUT2D eigenvalue weighted by atomic mass is 35.5. The molecule has 21 heavy (non-hydrogen) atoms. The van der Waals surface area contributed by atoms with Crippen molar-refractivity contribution in [1.82, 2.24) is 4.90 Å². The lowest BCUT2D eigenvalue weighted by Gasteiger charge is -2.27.